The van der Waals surface area contributed by atoms with Crippen LogP contribution in [0.4, 0.5) is 0 Å². The van der Waals surface area contributed by atoms with Gasteiger partial charge in [0.1, 0.15) is 5.75 Å². The molecule has 1 saturated heterocycles. The molecule has 1 aliphatic rings. The fourth-order valence-electron chi connectivity index (χ4n) is 2.90. The highest BCUT2D eigenvalue weighted by molar-refractivity contribution is 5.35. The first-order chi connectivity index (χ1) is 9.26. The molecule has 1 heterocycles. The van der Waals surface area contributed by atoms with Gasteiger partial charge in [-0.05, 0) is 37.9 Å². The van der Waals surface area contributed by atoms with Crippen molar-refractivity contribution in [1.29, 1.82) is 0 Å². The lowest BCUT2D eigenvalue weighted by molar-refractivity contribution is 0.267. The number of hydrogen-bond donors (Lipinski definition) is 2. The van der Waals surface area contributed by atoms with Crippen molar-refractivity contribution in [3.63, 3.8) is 0 Å². The average Bonchev–Trinajstić information content (AvgIpc) is 2.46. The SMILES string of the molecule is CCC(NC1CCNCC1C)c1ccccc1OC. The van der Waals surface area contributed by atoms with Gasteiger partial charge < -0.3 is 15.4 Å². The summed E-state index contributed by atoms with van der Waals surface area (Å²) >= 11 is 0. The lowest BCUT2D eigenvalue weighted by atomic mass is 9.92. The minimum Gasteiger partial charge on any atom is -0.496 e. The average molecular weight is 262 g/mol. The van der Waals surface area contributed by atoms with Gasteiger partial charge in [-0.15, -0.1) is 0 Å². The summed E-state index contributed by atoms with van der Waals surface area (Å²) in [5.41, 5.74) is 1.28. The molecule has 0 amide bonds. The van der Waals surface area contributed by atoms with E-state index in [9.17, 15) is 0 Å². The monoisotopic (exact) mass is 262 g/mol. The number of para-hydroxylation sites is 1. The molecule has 0 aliphatic carbocycles. The molecule has 2 rings (SSSR count). The van der Waals surface area contributed by atoms with Crippen molar-refractivity contribution in [1.82, 2.24) is 10.6 Å². The molecule has 0 saturated carbocycles. The zero-order valence-electron chi connectivity index (χ0n) is 12.3. The standard InChI is InChI=1S/C16H26N2O/c1-4-14(13-7-5-6-8-16(13)19-3)18-15-9-10-17-11-12(15)2/h5-8,12,14-15,17-18H,4,9-11H2,1-3H3. The summed E-state index contributed by atoms with van der Waals surface area (Å²) in [5.74, 6) is 1.67. The van der Waals surface area contributed by atoms with Crippen molar-refractivity contribution in [2.24, 2.45) is 5.92 Å². The maximum Gasteiger partial charge on any atom is 0.123 e. The number of piperidine rings is 1. The Kier molecular flexibility index (Phi) is 5.23. The van der Waals surface area contributed by atoms with Gasteiger partial charge in [-0.2, -0.15) is 0 Å². The fraction of sp³-hybridized carbons (Fsp3) is 0.625. The van der Waals surface area contributed by atoms with Crippen LogP contribution >= 0.6 is 0 Å². The normalized spacial score (nSPS) is 25.0. The Hall–Kier alpha value is -1.06. The van der Waals surface area contributed by atoms with E-state index >= 15 is 0 Å². The van der Waals surface area contributed by atoms with Crippen LogP contribution in [0.5, 0.6) is 5.75 Å². The summed E-state index contributed by atoms with van der Waals surface area (Å²) in [7, 11) is 1.75. The molecule has 1 fully saturated rings. The first kappa shape index (κ1) is 14.4. The number of rotatable bonds is 5. The lowest BCUT2D eigenvalue weighted by Gasteiger charge is -2.34. The van der Waals surface area contributed by atoms with E-state index in [1.165, 1.54) is 12.0 Å². The van der Waals surface area contributed by atoms with Crippen LogP contribution in [-0.2, 0) is 0 Å². The van der Waals surface area contributed by atoms with Crippen LogP contribution in [0, 0.1) is 5.92 Å². The highest BCUT2D eigenvalue weighted by atomic mass is 16.5. The first-order valence-corrected chi connectivity index (χ1v) is 7.36. The third-order valence-electron chi connectivity index (χ3n) is 4.12. The number of nitrogens with one attached hydrogen (secondary N) is 2. The van der Waals surface area contributed by atoms with E-state index in [0.29, 0.717) is 18.0 Å². The van der Waals surface area contributed by atoms with Crippen LogP contribution in [-0.4, -0.2) is 26.2 Å². The van der Waals surface area contributed by atoms with Crippen LogP contribution in [0.2, 0.25) is 0 Å². The highest BCUT2D eigenvalue weighted by Gasteiger charge is 2.24. The second kappa shape index (κ2) is 6.92. The summed E-state index contributed by atoms with van der Waals surface area (Å²) in [5, 5.41) is 7.28. The molecule has 0 radical (unpaired) electrons. The molecule has 0 aromatic heterocycles. The highest BCUT2D eigenvalue weighted by Crippen LogP contribution is 2.28. The van der Waals surface area contributed by atoms with E-state index in [1.54, 1.807) is 7.11 Å². The Morgan fingerprint density at radius 3 is 2.89 bits per heavy atom. The van der Waals surface area contributed by atoms with Crippen molar-refractivity contribution in [2.75, 3.05) is 20.2 Å². The lowest BCUT2D eigenvalue weighted by Crippen LogP contribution is -2.47. The Morgan fingerprint density at radius 2 is 2.21 bits per heavy atom. The summed E-state index contributed by atoms with van der Waals surface area (Å²) in [6, 6.07) is 9.31. The van der Waals surface area contributed by atoms with E-state index < -0.39 is 0 Å². The first-order valence-electron chi connectivity index (χ1n) is 7.36. The molecule has 0 spiro atoms. The number of methoxy groups -OCH3 is 1. The zero-order valence-corrected chi connectivity index (χ0v) is 12.3. The van der Waals surface area contributed by atoms with E-state index in [0.717, 1.165) is 25.3 Å². The van der Waals surface area contributed by atoms with Crippen LogP contribution < -0.4 is 15.4 Å². The van der Waals surface area contributed by atoms with Gasteiger partial charge in [-0.25, -0.2) is 0 Å². The number of ether oxygens (including phenoxy) is 1. The van der Waals surface area contributed by atoms with E-state index in [2.05, 4.69) is 36.6 Å². The van der Waals surface area contributed by atoms with Gasteiger partial charge >= 0.3 is 0 Å². The molecule has 1 aliphatic heterocycles. The summed E-state index contributed by atoms with van der Waals surface area (Å²) in [6.07, 6.45) is 2.28. The third-order valence-corrected chi connectivity index (χ3v) is 4.12. The predicted octanol–water partition coefficient (Wildman–Crippen LogP) is 2.73. The van der Waals surface area contributed by atoms with Gasteiger partial charge in [-0.3, -0.25) is 0 Å². The topological polar surface area (TPSA) is 33.3 Å². The smallest absolute Gasteiger partial charge is 0.123 e. The summed E-state index contributed by atoms with van der Waals surface area (Å²) in [6.45, 7) is 6.78. The largest absolute Gasteiger partial charge is 0.496 e. The molecular formula is C16H26N2O. The Balaban J connectivity index is 2.10. The zero-order chi connectivity index (χ0) is 13.7. The van der Waals surface area contributed by atoms with E-state index in [-0.39, 0.29) is 0 Å². The molecule has 3 atom stereocenters. The quantitative estimate of drug-likeness (QED) is 0.856. The summed E-state index contributed by atoms with van der Waals surface area (Å²) < 4.78 is 5.49. The second-order valence-electron chi connectivity index (χ2n) is 5.45. The van der Waals surface area contributed by atoms with Gasteiger partial charge in [-0.1, -0.05) is 32.0 Å². The Labute approximate surface area is 116 Å². The van der Waals surface area contributed by atoms with Crippen LogP contribution in [0.3, 0.4) is 0 Å². The maximum atomic E-state index is 5.49. The van der Waals surface area contributed by atoms with Crippen molar-refractivity contribution >= 4 is 0 Å². The van der Waals surface area contributed by atoms with Gasteiger partial charge in [0.05, 0.1) is 7.11 Å². The fourth-order valence-corrected chi connectivity index (χ4v) is 2.90. The second-order valence-corrected chi connectivity index (χ2v) is 5.45. The molecule has 3 unspecified atom stereocenters. The molecular weight excluding hydrogens is 236 g/mol. The predicted molar refractivity (Wildman–Crippen MR) is 79.6 cm³/mol. The molecule has 3 nitrogen and oxygen atoms in total. The molecule has 1 aromatic rings. The maximum absolute atomic E-state index is 5.49. The van der Waals surface area contributed by atoms with Crippen molar-refractivity contribution in [2.45, 2.75) is 38.8 Å². The molecule has 0 bridgehead atoms. The number of hydrogen-bond acceptors (Lipinski definition) is 3. The molecule has 3 heteroatoms. The van der Waals surface area contributed by atoms with Crippen molar-refractivity contribution in [3.05, 3.63) is 29.8 Å². The molecule has 106 valence electrons. The van der Waals surface area contributed by atoms with Crippen LogP contribution in [0.25, 0.3) is 0 Å². The van der Waals surface area contributed by atoms with Gasteiger partial charge in [0, 0.05) is 17.6 Å². The van der Waals surface area contributed by atoms with Gasteiger partial charge in [0.2, 0.25) is 0 Å². The van der Waals surface area contributed by atoms with Gasteiger partial charge in [0.15, 0.2) is 0 Å². The van der Waals surface area contributed by atoms with E-state index in [1.807, 2.05) is 12.1 Å². The third kappa shape index (κ3) is 3.48. The Morgan fingerprint density at radius 1 is 1.42 bits per heavy atom. The number of benzene rings is 1. The minimum atomic E-state index is 0.377. The molecule has 2 N–H and O–H groups in total. The van der Waals surface area contributed by atoms with Crippen molar-refractivity contribution in [3.8, 4) is 5.75 Å². The molecule has 19 heavy (non-hydrogen) atoms. The van der Waals surface area contributed by atoms with Crippen LogP contribution in [0.15, 0.2) is 24.3 Å². The Bertz CT molecular complexity index is 394. The molecule has 1 aromatic carbocycles. The minimum absolute atomic E-state index is 0.377. The van der Waals surface area contributed by atoms with Crippen molar-refractivity contribution < 1.29 is 4.74 Å². The van der Waals surface area contributed by atoms with Crippen LogP contribution in [0.1, 0.15) is 38.3 Å². The van der Waals surface area contributed by atoms with Gasteiger partial charge in [0.25, 0.3) is 0 Å². The summed E-state index contributed by atoms with van der Waals surface area (Å²) in [4.78, 5) is 0. The van der Waals surface area contributed by atoms with E-state index in [4.69, 9.17) is 4.74 Å².